The number of hydrogen-bond acceptors (Lipinski definition) is 14. The maximum Gasteiger partial charge on any atom is 0.488 e. The lowest BCUT2D eigenvalue weighted by Gasteiger charge is -2.28. The van der Waals surface area contributed by atoms with E-state index >= 15 is 0 Å². The van der Waals surface area contributed by atoms with Crippen molar-refractivity contribution in [3.8, 4) is 17.3 Å². The van der Waals surface area contributed by atoms with Gasteiger partial charge in [0, 0.05) is 62.5 Å². The van der Waals surface area contributed by atoms with Gasteiger partial charge in [-0.1, -0.05) is 24.3 Å². The first-order chi connectivity index (χ1) is 22.4. The molecule has 46 heavy (non-hydrogen) atoms. The quantitative estimate of drug-likeness (QED) is 0.140. The van der Waals surface area contributed by atoms with E-state index < -0.39 is 13.0 Å². The van der Waals surface area contributed by atoms with Gasteiger partial charge in [0.05, 0.1) is 42.7 Å². The Morgan fingerprint density at radius 3 is 2.50 bits per heavy atom. The molecule has 236 valence electrons. The molecule has 0 radical (unpaired) electrons. The molecule has 0 aliphatic carbocycles. The van der Waals surface area contributed by atoms with Crippen molar-refractivity contribution in [3.63, 3.8) is 0 Å². The Labute approximate surface area is 268 Å². The number of carbonyl (C=O) groups excluding carboxylic acids is 1. The van der Waals surface area contributed by atoms with Crippen molar-refractivity contribution >= 4 is 51.8 Å². The van der Waals surface area contributed by atoms with Crippen molar-refractivity contribution in [2.45, 2.75) is 13.2 Å². The fourth-order valence-electron chi connectivity index (χ4n) is 4.81. The van der Waals surface area contributed by atoms with Crippen molar-refractivity contribution in [2.75, 3.05) is 50.3 Å². The fraction of sp³-hybridized carbons (Fsp3) is 0.267. The number of aromatic nitrogens is 5. The molecule has 16 heteroatoms. The van der Waals surface area contributed by atoms with Crippen LogP contribution >= 0.6 is 11.3 Å². The van der Waals surface area contributed by atoms with Crippen molar-refractivity contribution in [2.24, 2.45) is 0 Å². The number of ether oxygens (including phenoxy) is 2. The van der Waals surface area contributed by atoms with Gasteiger partial charge in [-0.15, -0.1) is 11.3 Å². The smallest absolute Gasteiger partial charge is 0.481 e. The number of nitrogens with zero attached hydrogens (tertiary/aromatic N) is 7. The second-order valence-corrected chi connectivity index (χ2v) is 11.3. The van der Waals surface area contributed by atoms with Crippen LogP contribution in [0.3, 0.4) is 0 Å². The summed E-state index contributed by atoms with van der Waals surface area (Å²) < 4.78 is 11.8. The fourth-order valence-corrected chi connectivity index (χ4v) is 5.82. The molecule has 4 aromatic heterocycles. The zero-order chi connectivity index (χ0) is 32.0. The van der Waals surface area contributed by atoms with Crippen LogP contribution in [-0.4, -0.2) is 88.5 Å². The normalized spacial score (nSPS) is 13.1. The van der Waals surface area contributed by atoms with Crippen LogP contribution in [0.4, 0.5) is 11.8 Å². The number of fused-ring (bicyclic) bond motifs is 1. The van der Waals surface area contributed by atoms with Gasteiger partial charge in [-0.2, -0.15) is 0 Å². The Bertz CT molecular complexity index is 1790. The summed E-state index contributed by atoms with van der Waals surface area (Å²) in [5, 5.41) is 20.5. The predicted octanol–water partition coefficient (Wildman–Crippen LogP) is 1.57. The van der Waals surface area contributed by atoms with Crippen molar-refractivity contribution in [1.82, 2.24) is 30.4 Å². The summed E-state index contributed by atoms with van der Waals surface area (Å²) in [6.45, 7) is 3.31. The summed E-state index contributed by atoms with van der Waals surface area (Å²) in [6, 6.07) is 10.2. The van der Waals surface area contributed by atoms with Gasteiger partial charge in [0.1, 0.15) is 0 Å². The maximum atomic E-state index is 12.6. The largest absolute Gasteiger partial charge is 0.488 e. The summed E-state index contributed by atoms with van der Waals surface area (Å²) in [5.41, 5.74) is 6.33. The van der Waals surface area contributed by atoms with Gasteiger partial charge in [-0.3, -0.25) is 9.63 Å². The Kier molecular flexibility index (Phi) is 9.61. The van der Waals surface area contributed by atoms with Crippen LogP contribution in [0.5, 0.6) is 5.88 Å². The van der Waals surface area contributed by atoms with E-state index in [0.29, 0.717) is 42.9 Å². The van der Waals surface area contributed by atoms with Crippen LogP contribution in [0, 0.1) is 0 Å². The molecule has 0 bridgehead atoms. The first-order valence-corrected chi connectivity index (χ1v) is 15.3. The minimum atomic E-state index is -1.54. The summed E-state index contributed by atoms with van der Waals surface area (Å²) in [6.07, 6.45) is 4.58. The van der Waals surface area contributed by atoms with E-state index in [1.165, 1.54) is 12.4 Å². The first-order valence-electron chi connectivity index (χ1n) is 14.4. The highest BCUT2D eigenvalue weighted by Gasteiger charge is 2.22. The van der Waals surface area contributed by atoms with Crippen molar-refractivity contribution in [1.29, 1.82) is 0 Å². The summed E-state index contributed by atoms with van der Waals surface area (Å²) in [4.78, 5) is 45.1. The summed E-state index contributed by atoms with van der Waals surface area (Å²) in [7, 11) is 1.91. The molecule has 0 saturated carbocycles. The van der Waals surface area contributed by atoms with E-state index in [2.05, 4.69) is 30.7 Å². The molecule has 1 aromatic carbocycles. The van der Waals surface area contributed by atoms with E-state index in [-0.39, 0.29) is 12.2 Å². The highest BCUT2D eigenvalue weighted by molar-refractivity contribution is 7.18. The zero-order valence-corrected chi connectivity index (χ0v) is 26.0. The average molecular weight is 643 g/mol. The zero-order valence-electron chi connectivity index (χ0n) is 25.2. The first kappa shape index (κ1) is 31.3. The molecule has 0 atom stereocenters. The van der Waals surface area contributed by atoms with Gasteiger partial charge in [0.2, 0.25) is 11.8 Å². The molecule has 5 heterocycles. The van der Waals surface area contributed by atoms with Crippen LogP contribution in [0.2, 0.25) is 0 Å². The lowest BCUT2D eigenvalue weighted by molar-refractivity contribution is 0.0233. The molecule has 1 amide bonds. The number of amides is 1. The highest BCUT2D eigenvalue weighted by atomic mass is 32.1. The van der Waals surface area contributed by atoms with Gasteiger partial charge in [0.15, 0.2) is 11.6 Å². The number of methoxy groups -OCH3 is 1. The monoisotopic (exact) mass is 642 g/mol. The van der Waals surface area contributed by atoms with E-state index in [4.69, 9.17) is 24.3 Å². The summed E-state index contributed by atoms with van der Waals surface area (Å²) >= 11 is 1.60. The second-order valence-electron chi connectivity index (χ2n) is 10.5. The Morgan fingerprint density at radius 2 is 1.83 bits per heavy atom. The van der Waals surface area contributed by atoms with Crippen LogP contribution in [0.1, 0.15) is 21.5 Å². The third-order valence-corrected chi connectivity index (χ3v) is 8.33. The number of rotatable bonds is 11. The van der Waals surface area contributed by atoms with Crippen molar-refractivity contribution < 1.29 is 29.2 Å². The van der Waals surface area contributed by atoms with E-state index in [1.807, 2.05) is 18.0 Å². The number of carbonyl (C=O) groups is 1. The van der Waals surface area contributed by atoms with Crippen LogP contribution in [0.15, 0.2) is 60.4 Å². The van der Waals surface area contributed by atoms with E-state index in [1.54, 1.807) is 55.0 Å². The molecular formula is C30H31BN8O6S. The molecule has 0 unspecified atom stereocenters. The lowest BCUT2D eigenvalue weighted by atomic mass is 9.80. The lowest BCUT2D eigenvalue weighted by Crippen LogP contribution is -2.36. The van der Waals surface area contributed by atoms with Crippen LogP contribution in [-0.2, 0) is 22.7 Å². The predicted molar refractivity (Wildman–Crippen MR) is 173 cm³/mol. The Hall–Kier alpha value is -4.74. The molecular weight excluding hydrogens is 611 g/mol. The number of benzene rings is 1. The Morgan fingerprint density at radius 1 is 1.07 bits per heavy atom. The van der Waals surface area contributed by atoms with Gasteiger partial charge in [-0.25, -0.2) is 30.4 Å². The van der Waals surface area contributed by atoms with Gasteiger partial charge >= 0.3 is 7.12 Å². The number of hydroxylamine groups is 1. The van der Waals surface area contributed by atoms with Crippen LogP contribution < -0.4 is 25.5 Å². The van der Waals surface area contributed by atoms with Gasteiger partial charge < -0.3 is 29.3 Å². The van der Waals surface area contributed by atoms with E-state index in [0.717, 1.165) is 45.8 Å². The molecule has 14 nitrogen and oxygen atoms in total. The maximum absolute atomic E-state index is 12.6. The highest BCUT2D eigenvalue weighted by Crippen LogP contribution is 2.35. The third-order valence-electron chi connectivity index (χ3n) is 7.32. The van der Waals surface area contributed by atoms with Crippen LogP contribution in [0.25, 0.3) is 21.6 Å². The molecule has 1 aliphatic rings. The Balaban J connectivity index is 1.15. The summed E-state index contributed by atoms with van der Waals surface area (Å²) in [5.74, 6) is 1.90. The van der Waals surface area contributed by atoms with Crippen molar-refractivity contribution in [3.05, 3.63) is 77.1 Å². The van der Waals surface area contributed by atoms with Gasteiger partial charge in [0.25, 0.3) is 5.91 Å². The minimum Gasteiger partial charge on any atom is -0.481 e. The number of nitrogens with one attached hydrogen (secondary N) is 1. The molecule has 0 spiro atoms. The number of hydrogen-bond donors (Lipinski definition) is 3. The topological polar surface area (TPSA) is 168 Å². The number of morpholine rings is 1. The van der Waals surface area contributed by atoms with E-state index in [9.17, 15) is 14.8 Å². The standard InChI is InChI=1S/C30H31BN8O6S/c1-38(30-33-14-21(15-34-30)29(40)37-45-17-19-3-6-23(7-4-19)31(41)42)16-22-18-46-26-25(22)35-27(20-5-8-24(43-2)32-13-20)36-28(26)39-9-11-44-12-10-39/h3-8,13-15,18,41-42H,9-12,16-17H2,1-2H3,(H,37,40). The third kappa shape index (κ3) is 7.06. The molecule has 3 N–H and O–H groups in total. The molecule has 6 rings (SSSR count). The SMILES string of the molecule is COc1ccc(-c2nc(N3CCOCC3)c3scc(CN(C)c4ncc(C(=O)NOCc5ccc(B(O)O)cc5)cn4)c3n2)cn1. The number of anilines is 2. The number of thiophene rings is 1. The molecule has 1 fully saturated rings. The molecule has 1 aliphatic heterocycles. The minimum absolute atomic E-state index is 0.0946. The second kappa shape index (κ2) is 14.1. The average Bonchev–Trinajstić information content (AvgIpc) is 3.50. The number of pyridine rings is 1. The van der Waals surface area contributed by atoms with Gasteiger partial charge in [-0.05, 0) is 22.5 Å². The molecule has 1 saturated heterocycles. The molecule has 5 aromatic rings.